The number of rotatable bonds is 0. The lowest BCUT2D eigenvalue weighted by molar-refractivity contribution is -0.113. The number of aliphatic imine (C=N–C) groups is 1. The molecule has 0 bridgehead atoms. The van der Waals surface area contributed by atoms with Gasteiger partial charge in [0.25, 0.3) is 5.91 Å². The molecule has 3 rings (SSSR count). The Hall–Kier alpha value is -1.60. The first-order chi connectivity index (χ1) is 8.99. The average molecular weight is 294 g/mol. The summed E-state index contributed by atoms with van der Waals surface area (Å²) >= 11 is 1.11. The maximum atomic E-state index is 12.0. The van der Waals surface area contributed by atoms with Crippen LogP contribution in [0.25, 0.3) is 5.57 Å². The molecule has 2 N–H and O–H groups in total. The first-order valence-corrected chi connectivity index (χ1v) is 8.07. The third-order valence-corrected chi connectivity index (χ3v) is 5.75. The summed E-state index contributed by atoms with van der Waals surface area (Å²) in [6.07, 6.45) is 0.316. The minimum Gasteiger partial charge on any atom is -0.378 e. The molecule has 0 atom stereocenters. The maximum Gasteiger partial charge on any atom is 0.286 e. The Bertz CT molecular complexity index is 748. The van der Waals surface area contributed by atoms with E-state index in [9.17, 15) is 13.2 Å². The largest absolute Gasteiger partial charge is 0.378 e. The highest BCUT2D eigenvalue weighted by molar-refractivity contribution is 8.18. The van der Waals surface area contributed by atoms with Gasteiger partial charge in [0.15, 0.2) is 15.0 Å². The molecule has 2 heterocycles. The van der Waals surface area contributed by atoms with Crippen molar-refractivity contribution < 1.29 is 13.2 Å². The normalized spacial score (nSPS) is 25.1. The van der Waals surface area contributed by atoms with Crippen LogP contribution in [0.3, 0.4) is 0 Å². The van der Waals surface area contributed by atoms with Crippen LogP contribution in [-0.2, 0) is 14.6 Å². The van der Waals surface area contributed by atoms with E-state index in [0.29, 0.717) is 16.9 Å². The highest BCUT2D eigenvalue weighted by Crippen LogP contribution is 2.40. The zero-order chi connectivity index (χ0) is 13.6. The number of fused-ring (bicyclic) bond motifs is 1. The summed E-state index contributed by atoms with van der Waals surface area (Å²) < 4.78 is 24.0. The quantitative estimate of drug-likeness (QED) is 0.725. The molecule has 1 aromatic rings. The van der Waals surface area contributed by atoms with E-state index in [-0.39, 0.29) is 21.7 Å². The van der Waals surface area contributed by atoms with Crippen molar-refractivity contribution in [3.63, 3.8) is 0 Å². The minimum atomic E-state index is -3.26. The van der Waals surface area contributed by atoms with Crippen LogP contribution in [0.2, 0.25) is 0 Å². The lowest BCUT2D eigenvalue weighted by Crippen LogP contribution is -2.16. The number of amides is 1. The highest BCUT2D eigenvalue weighted by atomic mass is 32.2. The van der Waals surface area contributed by atoms with E-state index in [0.717, 1.165) is 17.3 Å². The van der Waals surface area contributed by atoms with Gasteiger partial charge in [0.2, 0.25) is 0 Å². The van der Waals surface area contributed by atoms with Crippen molar-refractivity contribution >= 4 is 38.2 Å². The zero-order valence-corrected chi connectivity index (χ0v) is 11.4. The molecule has 0 saturated carbocycles. The average Bonchev–Trinajstić information content (AvgIpc) is 2.69. The van der Waals surface area contributed by atoms with Gasteiger partial charge in [0, 0.05) is 0 Å². The van der Waals surface area contributed by atoms with E-state index in [1.165, 1.54) is 0 Å². The van der Waals surface area contributed by atoms with E-state index in [1.807, 2.05) is 0 Å². The van der Waals surface area contributed by atoms with Crippen molar-refractivity contribution in [1.29, 1.82) is 0 Å². The second-order valence-corrected chi connectivity index (χ2v) is 7.34. The second kappa shape index (κ2) is 4.21. The smallest absolute Gasteiger partial charge is 0.286 e. The minimum absolute atomic E-state index is 0.0105. The lowest BCUT2D eigenvalue weighted by atomic mass is 10.0. The third kappa shape index (κ3) is 1.98. The first kappa shape index (κ1) is 12.4. The van der Waals surface area contributed by atoms with Crippen LogP contribution in [0.15, 0.2) is 39.1 Å². The van der Waals surface area contributed by atoms with Gasteiger partial charge in [-0.1, -0.05) is 18.2 Å². The number of carbonyl (C=O) groups is 1. The Morgan fingerprint density at radius 3 is 2.68 bits per heavy atom. The van der Waals surface area contributed by atoms with Gasteiger partial charge in [-0.25, -0.2) is 8.42 Å². The summed E-state index contributed by atoms with van der Waals surface area (Å²) in [4.78, 5) is 16.1. The lowest BCUT2D eigenvalue weighted by Gasteiger charge is -2.20. The number of allylic oxidation sites excluding steroid dienone is 1. The molecular weight excluding hydrogens is 284 g/mol. The van der Waals surface area contributed by atoms with Gasteiger partial charge in [-0.3, -0.25) is 4.79 Å². The van der Waals surface area contributed by atoms with Gasteiger partial charge in [0.1, 0.15) is 0 Å². The summed E-state index contributed by atoms with van der Waals surface area (Å²) in [6, 6.07) is 6.72. The summed E-state index contributed by atoms with van der Waals surface area (Å²) in [6.45, 7) is 0. The first-order valence-electron chi connectivity index (χ1n) is 5.61. The molecule has 1 amide bonds. The van der Waals surface area contributed by atoms with Gasteiger partial charge in [-0.2, -0.15) is 4.99 Å². The maximum absolute atomic E-state index is 12.0. The van der Waals surface area contributed by atoms with Crippen LogP contribution in [0.4, 0.5) is 0 Å². The van der Waals surface area contributed by atoms with Crippen LogP contribution in [0, 0.1) is 0 Å². The number of carbonyl (C=O) groups excluding carboxylic acids is 1. The topological polar surface area (TPSA) is 89.6 Å². The van der Waals surface area contributed by atoms with Gasteiger partial charge in [-0.15, -0.1) is 0 Å². The van der Waals surface area contributed by atoms with Gasteiger partial charge >= 0.3 is 0 Å². The number of benzene rings is 1. The number of hydrogen-bond donors (Lipinski definition) is 1. The van der Waals surface area contributed by atoms with Gasteiger partial charge in [-0.05, 0) is 35.4 Å². The predicted octanol–water partition coefficient (Wildman–Crippen LogP) is 1.16. The van der Waals surface area contributed by atoms with Crippen LogP contribution in [-0.4, -0.2) is 25.2 Å². The molecule has 2 aliphatic rings. The molecule has 5 nitrogen and oxygen atoms in total. The van der Waals surface area contributed by atoms with E-state index in [2.05, 4.69) is 4.99 Å². The number of hydrogen-bond acceptors (Lipinski definition) is 5. The van der Waals surface area contributed by atoms with Gasteiger partial charge in [0.05, 0.1) is 15.6 Å². The molecule has 1 aromatic carbocycles. The molecule has 0 aliphatic carbocycles. The number of nitrogens with zero attached hydrogens (tertiary/aromatic N) is 1. The Kier molecular flexibility index (Phi) is 2.75. The molecule has 7 heteroatoms. The number of sulfone groups is 1. The van der Waals surface area contributed by atoms with Crippen LogP contribution >= 0.6 is 11.8 Å². The second-order valence-electron chi connectivity index (χ2n) is 4.23. The molecule has 0 fully saturated rings. The third-order valence-electron chi connectivity index (χ3n) is 3.05. The monoisotopic (exact) mass is 294 g/mol. The summed E-state index contributed by atoms with van der Waals surface area (Å²) in [5.41, 5.74) is 6.85. The zero-order valence-electron chi connectivity index (χ0n) is 9.79. The van der Waals surface area contributed by atoms with Crippen molar-refractivity contribution in [2.45, 2.75) is 11.3 Å². The summed E-state index contributed by atoms with van der Waals surface area (Å²) in [5.74, 6) is -0.372. The molecule has 0 spiro atoms. The fraction of sp³-hybridized carbons (Fsp3) is 0.167. The molecular formula is C12H10N2O3S2. The number of amidine groups is 1. The fourth-order valence-electron chi connectivity index (χ4n) is 2.22. The summed E-state index contributed by atoms with van der Waals surface area (Å²) in [5, 5.41) is 0.207. The molecule has 0 unspecified atom stereocenters. The van der Waals surface area contributed by atoms with Crippen molar-refractivity contribution in [3.8, 4) is 0 Å². The van der Waals surface area contributed by atoms with E-state index in [1.54, 1.807) is 24.3 Å². The fourth-order valence-corrected chi connectivity index (χ4v) is 4.53. The van der Waals surface area contributed by atoms with E-state index < -0.39 is 9.84 Å². The number of thioether (sulfide) groups is 1. The molecule has 19 heavy (non-hydrogen) atoms. The Labute approximate surface area is 114 Å². The standard InChI is InChI=1S/C12H10N2O3S2/c13-12-14-11(15)10(18-12)8-5-6-19(16,17)9-4-2-1-3-7(8)9/h1-4H,5-6H2,(H2,13,14,15). The van der Waals surface area contributed by atoms with E-state index >= 15 is 0 Å². The Morgan fingerprint density at radius 2 is 2.00 bits per heavy atom. The van der Waals surface area contributed by atoms with Crippen molar-refractivity contribution in [3.05, 3.63) is 34.7 Å². The van der Waals surface area contributed by atoms with Gasteiger partial charge < -0.3 is 5.73 Å². The number of nitrogens with two attached hydrogens (primary N) is 1. The molecule has 0 radical (unpaired) electrons. The molecule has 98 valence electrons. The van der Waals surface area contributed by atoms with Crippen LogP contribution < -0.4 is 5.73 Å². The van der Waals surface area contributed by atoms with Crippen molar-refractivity contribution in [2.75, 3.05) is 5.75 Å². The Balaban J connectivity index is 2.23. The van der Waals surface area contributed by atoms with E-state index in [4.69, 9.17) is 5.73 Å². The molecule has 2 aliphatic heterocycles. The SMILES string of the molecule is NC1=NC(=O)C(=C2CCS(=O)(=O)c3ccccc32)S1. The Morgan fingerprint density at radius 1 is 1.26 bits per heavy atom. The molecule has 0 saturated heterocycles. The van der Waals surface area contributed by atoms with Crippen molar-refractivity contribution in [2.24, 2.45) is 10.7 Å². The summed E-state index contributed by atoms with van der Waals surface area (Å²) in [7, 11) is -3.26. The van der Waals surface area contributed by atoms with Crippen LogP contribution in [0.5, 0.6) is 0 Å². The predicted molar refractivity (Wildman–Crippen MR) is 74.3 cm³/mol. The highest BCUT2D eigenvalue weighted by Gasteiger charge is 2.32. The van der Waals surface area contributed by atoms with Crippen molar-refractivity contribution in [1.82, 2.24) is 0 Å². The van der Waals surface area contributed by atoms with Crippen LogP contribution in [0.1, 0.15) is 12.0 Å². The molecule has 0 aromatic heterocycles.